The monoisotopic (exact) mass is 253 g/mol. The Morgan fingerprint density at radius 3 is 3.12 bits per heavy atom. The standard InChI is InChI=1S/C13H19NO2S/c1-15-13-7-11(14)5-4-10(13)8-17-9-12-3-2-6-16-12/h4-5,7,12H,2-3,6,8-9,14H2,1H3. The van der Waals surface area contributed by atoms with Crippen molar-refractivity contribution in [3.05, 3.63) is 23.8 Å². The zero-order valence-corrected chi connectivity index (χ0v) is 11.0. The van der Waals surface area contributed by atoms with Crippen LogP contribution in [0.25, 0.3) is 0 Å². The molecule has 1 aromatic carbocycles. The van der Waals surface area contributed by atoms with E-state index >= 15 is 0 Å². The summed E-state index contributed by atoms with van der Waals surface area (Å²) in [6.45, 7) is 0.927. The highest BCUT2D eigenvalue weighted by atomic mass is 32.2. The molecule has 1 unspecified atom stereocenters. The van der Waals surface area contributed by atoms with Gasteiger partial charge in [0.05, 0.1) is 13.2 Å². The van der Waals surface area contributed by atoms with Crippen molar-refractivity contribution >= 4 is 17.4 Å². The van der Waals surface area contributed by atoms with Gasteiger partial charge in [-0.3, -0.25) is 0 Å². The van der Waals surface area contributed by atoms with Gasteiger partial charge in [-0.15, -0.1) is 0 Å². The first-order valence-corrected chi connectivity index (χ1v) is 7.07. The van der Waals surface area contributed by atoms with Crippen LogP contribution in [0, 0.1) is 0 Å². The lowest BCUT2D eigenvalue weighted by atomic mass is 10.2. The van der Waals surface area contributed by atoms with Crippen LogP contribution in [0.3, 0.4) is 0 Å². The summed E-state index contributed by atoms with van der Waals surface area (Å²) in [5.41, 5.74) is 7.67. The average molecular weight is 253 g/mol. The highest BCUT2D eigenvalue weighted by Gasteiger charge is 2.15. The van der Waals surface area contributed by atoms with E-state index in [2.05, 4.69) is 0 Å². The van der Waals surface area contributed by atoms with Crippen LogP contribution in [0.1, 0.15) is 18.4 Å². The van der Waals surface area contributed by atoms with Crippen molar-refractivity contribution in [2.75, 3.05) is 25.2 Å². The molecule has 2 N–H and O–H groups in total. The predicted molar refractivity (Wildman–Crippen MR) is 72.5 cm³/mol. The van der Waals surface area contributed by atoms with Crippen LogP contribution in [0.4, 0.5) is 5.69 Å². The van der Waals surface area contributed by atoms with E-state index in [1.165, 1.54) is 18.4 Å². The number of hydrogen-bond donors (Lipinski definition) is 1. The lowest BCUT2D eigenvalue weighted by Gasteiger charge is -2.11. The molecular weight excluding hydrogens is 234 g/mol. The Morgan fingerprint density at radius 1 is 1.53 bits per heavy atom. The fourth-order valence-corrected chi connectivity index (χ4v) is 3.06. The normalized spacial score (nSPS) is 19.5. The second kappa shape index (κ2) is 6.17. The second-order valence-electron chi connectivity index (χ2n) is 4.22. The first-order valence-electron chi connectivity index (χ1n) is 5.91. The lowest BCUT2D eigenvalue weighted by Crippen LogP contribution is -2.08. The molecule has 1 atom stereocenters. The molecule has 0 spiro atoms. The molecule has 0 aliphatic carbocycles. The Kier molecular flexibility index (Phi) is 4.57. The quantitative estimate of drug-likeness (QED) is 0.819. The Bertz CT molecular complexity index is 364. The molecule has 17 heavy (non-hydrogen) atoms. The predicted octanol–water partition coefficient (Wildman–Crippen LogP) is 2.69. The van der Waals surface area contributed by atoms with Gasteiger partial charge in [0, 0.05) is 35.4 Å². The molecule has 3 nitrogen and oxygen atoms in total. The molecule has 0 amide bonds. The lowest BCUT2D eigenvalue weighted by molar-refractivity contribution is 0.129. The average Bonchev–Trinajstić information content (AvgIpc) is 2.84. The van der Waals surface area contributed by atoms with Crippen LogP contribution in [0.2, 0.25) is 0 Å². The van der Waals surface area contributed by atoms with Crippen molar-refractivity contribution in [2.24, 2.45) is 0 Å². The molecule has 0 radical (unpaired) electrons. The molecular formula is C13H19NO2S. The number of hydrogen-bond acceptors (Lipinski definition) is 4. The van der Waals surface area contributed by atoms with Crippen molar-refractivity contribution in [3.8, 4) is 5.75 Å². The van der Waals surface area contributed by atoms with Crippen LogP contribution in [-0.4, -0.2) is 25.6 Å². The largest absolute Gasteiger partial charge is 0.496 e. The molecule has 94 valence electrons. The van der Waals surface area contributed by atoms with E-state index in [-0.39, 0.29) is 0 Å². The summed E-state index contributed by atoms with van der Waals surface area (Å²) < 4.78 is 10.9. The van der Waals surface area contributed by atoms with Gasteiger partial charge >= 0.3 is 0 Å². The molecule has 1 saturated heterocycles. The number of methoxy groups -OCH3 is 1. The fraction of sp³-hybridized carbons (Fsp3) is 0.538. The molecule has 4 heteroatoms. The highest BCUT2D eigenvalue weighted by Crippen LogP contribution is 2.27. The SMILES string of the molecule is COc1cc(N)ccc1CSCC1CCCO1. The van der Waals surface area contributed by atoms with Crippen molar-refractivity contribution < 1.29 is 9.47 Å². The van der Waals surface area contributed by atoms with Crippen molar-refractivity contribution in [3.63, 3.8) is 0 Å². The van der Waals surface area contributed by atoms with Gasteiger partial charge < -0.3 is 15.2 Å². The van der Waals surface area contributed by atoms with Gasteiger partial charge in [-0.25, -0.2) is 0 Å². The van der Waals surface area contributed by atoms with Crippen LogP contribution >= 0.6 is 11.8 Å². The molecule has 0 bridgehead atoms. The van der Waals surface area contributed by atoms with Crippen molar-refractivity contribution in [2.45, 2.75) is 24.7 Å². The summed E-state index contributed by atoms with van der Waals surface area (Å²) in [4.78, 5) is 0. The first kappa shape index (κ1) is 12.6. The van der Waals surface area contributed by atoms with E-state index in [4.69, 9.17) is 15.2 Å². The van der Waals surface area contributed by atoms with E-state index in [1.807, 2.05) is 30.0 Å². The molecule has 0 saturated carbocycles. The van der Waals surface area contributed by atoms with E-state index in [0.29, 0.717) is 6.10 Å². The zero-order chi connectivity index (χ0) is 12.1. The van der Waals surface area contributed by atoms with E-state index in [0.717, 1.165) is 29.5 Å². The van der Waals surface area contributed by atoms with Crippen LogP contribution < -0.4 is 10.5 Å². The molecule has 1 aliphatic heterocycles. The maximum absolute atomic E-state index is 5.72. The van der Waals surface area contributed by atoms with Gasteiger partial charge in [0.25, 0.3) is 0 Å². The van der Waals surface area contributed by atoms with Gasteiger partial charge in [-0.05, 0) is 18.9 Å². The maximum atomic E-state index is 5.72. The van der Waals surface area contributed by atoms with E-state index in [1.54, 1.807) is 7.11 Å². The Balaban J connectivity index is 1.85. The van der Waals surface area contributed by atoms with Gasteiger partial charge in [0.15, 0.2) is 0 Å². The minimum absolute atomic E-state index is 0.444. The van der Waals surface area contributed by atoms with Gasteiger partial charge in [-0.1, -0.05) is 6.07 Å². The van der Waals surface area contributed by atoms with E-state index in [9.17, 15) is 0 Å². The zero-order valence-electron chi connectivity index (χ0n) is 10.1. The number of thioether (sulfide) groups is 1. The highest BCUT2D eigenvalue weighted by molar-refractivity contribution is 7.98. The number of ether oxygens (including phenoxy) is 2. The summed E-state index contributed by atoms with van der Waals surface area (Å²) in [6, 6.07) is 5.84. The molecule has 0 aromatic heterocycles. The summed E-state index contributed by atoms with van der Waals surface area (Å²) in [7, 11) is 1.68. The Morgan fingerprint density at radius 2 is 2.41 bits per heavy atom. The third-order valence-electron chi connectivity index (χ3n) is 2.90. The molecule has 1 aliphatic rings. The van der Waals surface area contributed by atoms with Gasteiger partial charge in [0.2, 0.25) is 0 Å². The fourth-order valence-electron chi connectivity index (χ4n) is 1.96. The molecule has 2 rings (SSSR count). The molecule has 1 fully saturated rings. The van der Waals surface area contributed by atoms with Crippen molar-refractivity contribution in [1.82, 2.24) is 0 Å². The number of anilines is 1. The second-order valence-corrected chi connectivity index (χ2v) is 5.25. The minimum Gasteiger partial charge on any atom is -0.496 e. The Labute approximate surface area is 107 Å². The summed E-state index contributed by atoms with van der Waals surface area (Å²) in [5.74, 6) is 2.89. The summed E-state index contributed by atoms with van der Waals surface area (Å²) in [5, 5.41) is 0. The first-order chi connectivity index (χ1) is 8.29. The van der Waals surface area contributed by atoms with Gasteiger partial charge in [-0.2, -0.15) is 11.8 Å². The molecule has 1 aromatic rings. The third-order valence-corrected chi connectivity index (χ3v) is 4.02. The minimum atomic E-state index is 0.444. The summed E-state index contributed by atoms with van der Waals surface area (Å²) >= 11 is 1.89. The topological polar surface area (TPSA) is 44.5 Å². The van der Waals surface area contributed by atoms with Gasteiger partial charge in [0.1, 0.15) is 5.75 Å². The van der Waals surface area contributed by atoms with E-state index < -0.39 is 0 Å². The molecule has 1 heterocycles. The van der Waals surface area contributed by atoms with Crippen LogP contribution in [0.5, 0.6) is 5.75 Å². The third kappa shape index (κ3) is 3.54. The smallest absolute Gasteiger partial charge is 0.124 e. The number of nitrogens with two attached hydrogens (primary N) is 1. The van der Waals surface area contributed by atoms with Crippen LogP contribution in [0.15, 0.2) is 18.2 Å². The van der Waals surface area contributed by atoms with Crippen molar-refractivity contribution in [1.29, 1.82) is 0 Å². The number of nitrogen functional groups attached to an aromatic ring is 1. The summed E-state index contributed by atoms with van der Waals surface area (Å²) in [6.07, 6.45) is 2.85. The van der Waals surface area contributed by atoms with Crippen LogP contribution in [-0.2, 0) is 10.5 Å². The number of benzene rings is 1. The number of rotatable bonds is 5. The Hall–Kier alpha value is -0.870. The maximum Gasteiger partial charge on any atom is 0.124 e.